The number of aromatic hydroxyl groups is 2. The average molecular weight is 984 g/mol. The van der Waals surface area contributed by atoms with Gasteiger partial charge in [-0.05, 0) is 132 Å². The second-order valence-electron chi connectivity index (χ2n) is 21.0. The van der Waals surface area contributed by atoms with Crippen molar-refractivity contribution >= 4 is 35.5 Å². The maximum atomic E-state index is 14.6. The van der Waals surface area contributed by atoms with E-state index in [2.05, 4.69) is 65.8 Å². The average Bonchev–Trinajstić information content (AvgIpc) is 4.00. The first-order chi connectivity index (χ1) is 33.1. The van der Waals surface area contributed by atoms with E-state index in [1.807, 2.05) is 13.8 Å². The molecule has 70 heavy (non-hydrogen) atoms. The van der Waals surface area contributed by atoms with Crippen LogP contribution in [0, 0.1) is 0 Å². The second kappa shape index (κ2) is 21.6. The van der Waals surface area contributed by atoms with Gasteiger partial charge in [-0.25, -0.2) is 4.79 Å². The Morgan fingerprint density at radius 1 is 0.743 bits per heavy atom. The number of carboxylic acid groups (broad SMARTS) is 1. The summed E-state index contributed by atoms with van der Waals surface area (Å²) in [5.74, 6) is -1.71. The Kier molecular flexibility index (Phi) is 16.2. The molecule has 5 aliphatic rings. The lowest BCUT2D eigenvalue weighted by atomic mass is 9.84. The van der Waals surface area contributed by atoms with E-state index in [0.29, 0.717) is 70.8 Å². The number of hydrogen-bond donors (Lipinski definition) is 5. The number of fused-ring (bicyclic) bond motifs is 6. The van der Waals surface area contributed by atoms with Crippen LogP contribution < -0.4 is 9.47 Å². The number of carbonyl (C=O) groups is 4. The van der Waals surface area contributed by atoms with E-state index in [9.17, 15) is 44.7 Å². The molecule has 380 valence electrons. The Balaban J connectivity index is 1.08. The third-order valence-corrected chi connectivity index (χ3v) is 16.1. The van der Waals surface area contributed by atoms with Gasteiger partial charge >= 0.3 is 5.97 Å². The Bertz CT molecular complexity index is 2510. The van der Waals surface area contributed by atoms with E-state index in [1.54, 1.807) is 4.90 Å². The van der Waals surface area contributed by atoms with Gasteiger partial charge in [0.15, 0.2) is 5.37 Å². The molecular formula is C55H73N3O11S. The Morgan fingerprint density at radius 2 is 1.24 bits per heavy atom. The summed E-state index contributed by atoms with van der Waals surface area (Å²) in [4.78, 5) is 59.9. The number of benzene rings is 2. The molecule has 15 heteroatoms. The molecule has 0 aromatic heterocycles. The number of aliphatic carboxylic acids is 1. The molecule has 0 spiro atoms. The number of ether oxygens (including phenoxy) is 2. The largest absolute Gasteiger partial charge is 0.508 e. The highest BCUT2D eigenvalue weighted by molar-refractivity contribution is 8.00. The van der Waals surface area contributed by atoms with Crippen LogP contribution in [0.1, 0.15) is 163 Å². The van der Waals surface area contributed by atoms with Gasteiger partial charge in [-0.15, -0.1) is 11.8 Å². The van der Waals surface area contributed by atoms with E-state index < -0.39 is 52.6 Å². The summed E-state index contributed by atoms with van der Waals surface area (Å²) in [6.07, 6.45) is 13.6. The number of amides is 3. The molecule has 0 radical (unpaired) electrons. The number of phenols is 2. The molecule has 5 aliphatic heterocycles. The Morgan fingerprint density at radius 3 is 1.74 bits per heavy atom. The first-order valence-electron chi connectivity index (χ1n) is 24.9. The van der Waals surface area contributed by atoms with Crippen LogP contribution >= 0.6 is 11.8 Å². The summed E-state index contributed by atoms with van der Waals surface area (Å²) >= 11 is 1.14. The molecule has 14 nitrogen and oxygen atoms in total. The molecule has 3 amide bonds. The van der Waals surface area contributed by atoms with Crippen molar-refractivity contribution in [3.05, 3.63) is 92.1 Å². The van der Waals surface area contributed by atoms with Crippen LogP contribution in [0.15, 0.2) is 58.7 Å². The number of thioether (sulfide) groups is 1. The molecule has 5 heterocycles. The molecule has 0 bridgehead atoms. The molecule has 2 aromatic carbocycles. The predicted molar refractivity (Wildman–Crippen MR) is 270 cm³/mol. The van der Waals surface area contributed by atoms with Crippen molar-refractivity contribution in [2.24, 2.45) is 0 Å². The molecule has 1 saturated heterocycles. The second-order valence-corrected chi connectivity index (χ2v) is 22.1. The van der Waals surface area contributed by atoms with E-state index >= 15 is 0 Å². The number of allylic oxidation sites excluding steroid dienone is 8. The zero-order valence-electron chi connectivity index (χ0n) is 42.2. The highest BCUT2D eigenvalue weighted by atomic mass is 32.2. The molecule has 0 unspecified atom stereocenters. The van der Waals surface area contributed by atoms with Crippen LogP contribution in [-0.2, 0) is 35.5 Å². The molecule has 5 N–H and O–H groups in total. The standard InChI is InChI=1S/C55H73N3O11S/c1-32(2)14-9-16-34(5)18-11-21-54(7)45(61)28-38-43(59)26-36-40(47(38)68-54)30-56(49(36)63)23-13-20-42(51(65)57-24-25-70-52(57)53(66)67)58-31-41-37(50(58)64)27-44(60)39-29-46(62)55(8,69-48(39)41)22-12-19-35(6)17-10-15-33(3)4/h14-15,18-19,26-27,42,45-46,52,59-62H,9-13,16-17,20-25,28-31H2,1-8H3,(H,66,67)/b34-18+,35-19+/t42-,45-,46-,52+,54+,55+/m0/s1. The molecule has 2 aromatic rings. The molecule has 6 atom stereocenters. The summed E-state index contributed by atoms with van der Waals surface area (Å²) < 4.78 is 13.3. The molecule has 0 saturated carbocycles. The lowest BCUT2D eigenvalue weighted by Crippen LogP contribution is -2.51. The highest BCUT2D eigenvalue weighted by Crippen LogP contribution is 2.49. The van der Waals surface area contributed by atoms with Gasteiger partial charge in [-0.3, -0.25) is 14.4 Å². The zero-order valence-corrected chi connectivity index (χ0v) is 43.0. The van der Waals surface area contributed by atoms with E-state index in [0.717, 1.165) is 37.4 Å². The number of carboxylic acids is 1. The van der Waals surface area contributed by atoms with Crippen molar-refractivity contribution in [2.45, 2.75) is 180 Å². The van der Waals surface area contributed by atoms with Crippen LogP contribution in [0.25, 0.3) is 0 Å². The summed E-state index contributed by atoms with van der Waals surface area (Å²) in [6.45, 7) is 16.7. The van der Waals surface area contributed by atoms with Crippen LogP contribution in [0.4, 0.5) is 0 Å². The third kappa shape index (κ3) is 11.1. The van der Waals surface area contributed by atoms with Crippen molar-refractivity contribution in [2.75, 3.05) is 18.8 Å². The first-order valence-corrected chi connectivity index (χ1v) is 26.0. The minimum absolute atomic E-state index is 0.0474. The van der Waals surface area contributed by atoms with E-state index in [1.165, 1.54) is 44.2 Å². The fourth-order valence-electron chi connectivity index (χ4n) is 10.5. The number of hydrogen-bond acceptors (Lipinski definition) is 11. The molecular weight excluding hydrogens is 911 g/mol. The number of aliphatic hydroxyl groups excluding tert-OH is 2. The monoisotopic (exact) mass is 983 g/mol. The fraction of sp³-hybridized carbons (Fsp3) is 0.564. The molecule has 7 rings (SSSR count). The number of rotatable bonds is 19. The number of carbonyl (C=O) groups excluding carboxylic acids is 3. The van der Waals surface area contributed by atoms with Crippen molar-refractivity contribution in [1.29, 1.82) is 0 Å². The maximum Gasteiger partial charge on any atom is 0.337 e. The van der Waals surface area contributed by atoms with Crippen LogP contribution in [0.3, 0.4) is 0 Å². The lowest BCUT2D eigenvalue weighted by Gasteiger charge is -2.41. The Hall–Kier alpha value is -5.25. The number of phenolic OH excluding ortho intramolecular Hbond substituents is 2. The quantitative estimate of drug-likeness (QED) is 0.0840. The number of nitrogens with zero attached hydrogens (tertiary/aromatic N) is 3. The van der Waals surface area contributed by atoms with Crippen LogP contribution in [0.5, 0.6) is 23.0 Å². The van der Waals surface area contributed by atoms with E-state index in [-0.39, 0.29) is 74.8 Å². The summed E-state index contributed by atoms with van der Waals surface area (Å²) in [6, 6.07) is 1.68. The minimum atomic E-state index is -1.16. The SMILES string of the molecule is CC(C)=CCC/C(C)=C/CC[C@@]1(C)Oc2c(c(O)cc3c2CN(CCC[C@@H](C(=O)N2CCS[C@@H]2C(=O)O)N2Cc4c(cc(O)c5c4O[C@](C)(CC/C=C(\C)CCC=C(C)C)[C@@H](O)C5)C2=O)C3=O)C[C@@H]1O. The third-order valence-electron chi connectivity index (χ3n) is 14.9. The first kappa shape index (κ1) is 52.6. The Labute approximate surface area is 417 Å². The van der Waals surface area contributed by atoms with Gasteiger partial charge in [0.05, 0.1) is 36.4 Å². The topological polar surface area (TPSA) is 198 Å². The zero-order chi connectivity index (χ0) is 50.8. The van der Waals surface area contributed by atoms with Crippen molar-refractivity contribution in [1.82, 2.24) is 14.7 Å². The summed E-state index contributed by atoms with van der Waals surface area (Å²) in [5, 5.41) is 54.2. The normalized spacial score (nSPS) is 24.4. The predicted octanol–water partition coefficient (Wildman–Crippen LogP) is 8.90. The van der Waals surface area contributed by atoms with Gasteiger partial charge in [-0.1, -0.05) is 46.6 Å². The highest BCUT2D eigenvalue weighted by Gasteiger charge is 2.48. The van der Waals surface area contributed by atoms with E-state index in [4.69, 9.17) is 9.47 Å². The van der Waals surface area contributed by atoms with Gasteiger partial charge in [-0.2, -0.15) is 0 Å². The molecule has 0 aliphatic carbocycles. The van der Waals surface area contributed by atoms with Crippen molar-refractivity contribution < 1.29 is 54.2 Å². The smallest absolute Gasteiger partial charge is 0.337 e. The van der Waals surface area contributed by atoms with Gasteiger partial charge < -0.3 is 49.7 Å². The summed E-state index contributed by atoms with van der Waals surface area (Å²) in [5.41, 5.74) is 5.43. The van der Waals surface area contributed by atoms with Crippen LogP contribution in [0.2, 0.25) is 0 Å². The van der Waals surface area contributed by atoms with Crippen LogP contribution in [-0.4, -0.2) is 118 Å². The van der Waals surface area contributed by atoms with Gasteiger partial charge in [0.25, 0.3) is 11.8 Å². The summed E-state index contributed by atoms with van der Waals surface area (Å²) in [7, 11) is 0. The fourth-order valence-corrected chi connectivity index (χ4v) is 11.5. The number of aliphatic hydroxyl groups is 2. The molecule has 1 fully saturated rings. The minimum Gasteiger partial charge on any atom is -0.508 e. The van der Waals surface area contributed by atoms with Gasteiger partial charge in [0.1, 0.15) is 40.2 Å². The maximum absolute atomic E-state index is 14.6. The van der Waals surface area contributed by atoms with Crippen molar-refractivity contribution in [3.8, 4) is 23.0 Å². The van der Waals surface area contributed by atoms with Gasteiger partial charge in [0, 0.05) is 53.9 Å². The van der Waals surface area contributed by atoms with Gasteiger partial charge in [0.2, 0.25) is 5.91 Å². The van der Waals surface area contributed by atoms with Crippen molar-refractivity contribution in [3.63, 3.8) is 0 Å². The lowest BCUT2D eigenvalue weighted by molar-refractivity contribution is -0.147.